The first-order valence-electron chi connectivity index (χ1n) is 33.2. The first kappa shape index (κ1) is 73.5. The van der Waals surface area contributed by atoms with Crippen LogP contribution in [-0.2, 0) is 50.3 Å². The molecule has 28 nitrogen and oxygen atoms in total. The van der Waals surface area contributed by atoms with E-state index < -0.39 is 29.3 Å². The molecule has 32 heteroatoms. The second-order valence-electron chi connectivity index (χ2n) is 25.0. The van der Waals surface area contributed by atoms with E-state index in [0.29, 0.717) is 59.9 Å². The van der Waals surface area contributed by atoms with Crippen LogP contribution in [0.4, 0.5) is 23.3 Å². The summed E-state index contributed by atoms with van der Waals surface area (Å²) in [5.74, 6) is 1.36. The van der Waals surface area contributed by atoms with Gasteiger partial charge in [-0.1, -0.05) is 115 Å². The van der Waals surface area contributed by atoms with Crippen LogP contribution < -0.4 is 35.0 Å². The number of nitrogens with zero attached hydrogens (tertiary/aromatic N) is 12. The molecule has 8 heterocycles. The van der Waals surface area contributed by atoms with E-state index in [1.807, 2.05) is 12.1 Å². The SMILES string of the molecule is CCN(CC)CC.COC(=O)CC1(n2c(C(=O)O)cc3cnc(Cl)nc32)CCCCC1.N=[N+]=NP(=O)(Oc1ccccc1)Oc1ccccc1.NS(=O)(=O)c1ccc(Nc2ncc3cc4n(c3n2)C2(CCCCC2)CC(=O)N4)cc1.O=C1CC2(CCCCC2)n2c(cc3cnc(Cl)nc32)N1. The van der Waals surface area contributed by atoms with Gasteiger partial charge in [0.05, 0.1) is 47.9 Å². The highest BCUT2D eigenvalue weighted by Crippen LogP contribution is 2.50. The third-order valence-corrected chi connectivity index (χ3v) is 21.1. The Morgan fingerprint density at radius 3 is 1.54 bits per heavy atom. The number of halogens is 2. The predicted octanol–water partition coefficient (Wildman–Crippen LogP) is 14.1. The molecule has 7 N–H and O–H groups in total. The van der Waals surface area contributed by atoms with Crippen molar-refractivity contribution < 1.29 is 51.1 Å². The van der Waals surface area contributed by atoms with E-state index in [1.54, 1.807) is 89.8 Å². The molecule has 2 amide bonds. The molecule has 0 unspecified atom stereocenters. The number of carboxylic acid groups (broad SMARTS) is 1. The van der Waals surface area contributed by atoms with Gasteiger partial charge in [0.2, 0.25) is 43.3 Å². The van der Waals surface area contributed by atoms with E-state index in [-0.39, 0.29) is 56.4 Å². The number of nitrogens with two attached hydrogens (primary N) is 1. The Labute approximate surface area is 588 Å². The van der Waals surface area contributed by atoms with Crippen LogP contribution in [0.3, 0.4) is 0 Å². The van der Waals surface area contributed by atoms with Gasteiger partial charge in [-0.3, -0.25) is 14.4 Å². The minimum absolute atomic E-state index is 0.0417. The topological polar surface area (TPSA) is 375 Å². The number of primary sulfonamides is 1. The average Bonchev–Trinajstić information content (AvgIpc) is 1.57. The zero-order chi connectivity index (χ0) is 71.2. The van der Waals surface area contributed by atoms with Crippen molar-refractivity contribution >= 4 is 121 Å². The lowest BCUT2D eigenvalue weighted by Crippen LogP contribution is -2.44. The van der Waals surface area contributed by atoms with Crippen LogP contribution in [0.2, 0.25) is 10.6 Å². The van der Waals surface area contributed by atoms with E-state index in [0.717, 1.165) is 104 Å². The largest absolute Gasteiger partial charge is 0.640 e. The molecule has 14 rings (SSSR count). The summed E-state index contributed by atoms with van der Waals surface area (Å²) in [5.41, 5.74) is 8.48. The van der Waals surface area contributed by atoms with Crippen LogP contribution in [0.5, 0.6) is 11.5 Å². The van der Waals surface area contributed by atoms with Gasteiger partial charge >= 0.3 is 19.7 Å². The van der Waals surface area contributed by atoms with Crippen LogP contribution in [0.25, 0.3) is 33.1 Å². The lowest BCUT2D eigenvalue weighted by molar-refractivity contribution is -0.143. The maximum atomic E-state index is 12.4. The number of fused-ring (bicyclic) bond motifs is 9. The third-order valence-electron chi connectivity index (χ3n) is 18.6. The summed E-state index contributed by atoms with van der Waals surface area (Å²) < 4.78 is 56.5. The molecule has 0 atom stereocenters. The molecule has 528 valence electrons. The van der Waals surface area contributed by atoms with Crippen molar-refractivity contribution in [3.8, 4) is 11.5 Å². The number of hydrogen-bond acceptors (Lipinski definition) is 19. The number of nitrogens with one attached hydrogen (secondary N) is 4. The number of hydrogen-bond donors (Lipinski definition) is 6. The van der Waals surface area contributed by atoms with Crippen LogP contribution in [0.1, 0.15) is 147 Å². The Morgan fingerprint density at radius 2 is 1.11 bits per heavy atom. The molecular weight excluding hydrogens is 1360 g/mol. The van der Waals surface area contributed by atoms with E-state index in [1.165, 1.54) is 64.0 Å². The number of para-hydroxylation sites is 2. The Bertz CT molecular complexity index is 4560. The monoisotopic (exact) mass is 1440 g/mol. The van der Waals surface area contributed by atoms with E-state index in [9.17, 15) is 37.3 Å². The number of carboxylic acids is 1. The van der Waals surface area contributed by atoms with Crippen molar-refractivity contribution in [3.63, 3.8) is 0 Å². The van der Waals surface area contributed by atoms with Crippen molar-refractivity contribution in [2.24, 2.45) is 10.0 Å². The van der Waals surface area contributed by atoms with Gasteiger partial charge in [0.1, 0.15) is 51.3 Å². The van der Waals surface area contributed by atoms with Gasteiger partial charge in [-0.05, 0) is 148 Å². The first-order valence-corrected chi connectivity index (χ1v) is 37.0. The smallest absolute Gasteiger partial charge is 0.477 e. The molecule has 2 aliphatic heterocycles. The van der Waals surface area contributed by atoms with Crippen LogP contribution in [-0.4, -0.2) is 113 Å². The Balaban J connectivity index is 0.000000141. The average molecular weight is 1450 g/mol. The number of benzene rings is 3. The van der Waals surface area contributed by atoms with Crippen molar-refractivity contribution in [3.05, 3.63) is 138 Å². The normalized spacial score (nSPS) is 16.4. The molecule has 0 bridgehead atoms. The first-order chi connectivity index (χ1) is 48.0. The second kappa shape index (κ2) is 32.4. The molecule has 3 saturated carbocycles. The molecule has 2 spiro atoms. The summed E-state index contributed by atoms with van der Waals surface area (Å²) in [6, 6.07) is 28.4. The molecule has 0 saturated heterocycles. The number of ether oxygens (including phenoxy) is 1. The lowest BCUT2D eigenvalue weighted by Gasteiger charge is -2.42. The highest BCUT2D eigenvalue weighted by molar-refractivity contribution is 7.89. The van der Waals surface area contributed by atoms with Gasteiger partial charge in [0.25, 0.3) is 4.88 Å². The van der Waals surface area contributed by atoms with Crippen molar-refractivity contribution in [1.29, 1.82) is 5.53 Å². The number of methoxy groups -OCH3 is 1. The maximum Gasteiger partial charge on any atom is 0.640 e. The summed E-state index contributed by atoms with van der Waals surface area (Å²) in [7, 11) is -6.30. The number of rotatable bonds is 15. The molecular formula is C68H81Cl2N17O11PS+. The Hall–Kier alpha value is -9.21. The lowest BCUT2D eigenvalue weighted by atomic mass is 9.78. The van der Waals surface area contributed by atoms with Gasteiger partial charge in [-0.2, -0.15) is 15.0 Å². The van der Waals surface area contributed by atoms with Crippen molar-refractivity contribution in [2.75, 3.05) is 42.7 Å². The van der Waals surface area contributed by atoms with E-state index >= 15 is 0 Å². The molecule has 3 fully saturated rings. The number of amides is 2. The molecule has 0 radical (unpaired) electrons. The quantitative estimate of drug-likeness (QED) is 0.0182. The summed E-state index contributed by atoms with van der Waals surface area (Å²) in [5, 5.41) is 26.5. The Morgan fingerprint density at radius 1 is 0.670 bits per heavy atom. The van der Waals surface area contributed by atoms with Crippen LogP contribution in [0.15, 0.2) is 131 Å². The number of carbonyl (C=O) groups is 4. The molecule has 5 aliphatic rings. The maximum absolute atomic E-state index is 12.4. The zero-order valence-electron chi connectivity index (χ0n) is 56.0. The highest BCUT2D eigenvalue weighted by atomic mass is 35.5. The number of esters is 1. The fraction of sp³-hybridized carbons (Fsp3) is 0.412. The Kier molecular flexibility index (Phi) is 23.8. The number of sulfonamides is 1. The van der Waals surface area contributed by atoms with E-state index in [2.05, 4.69) is 85.5 Å². The zero-order valence-corrected chi connectivity index (χ0v) is 59.2. The van der Waals surface area contributed by atoms with Crippen LogP contribution in [0, 0.1) is 5.53 Å². The molecule has 6 aromatic heterocycles. The predicted molar refractivity (Wildman–Crippen MR) is 379 cm³/mol. The minimum Gasteiger partial charge on any atom is -0.477 e. The minimum atomic E-state index is -3.89. The van der Waals surface area contributed by atoms with Gasteiger partial charge < -0.3 is 53.4 Å². The molecule has 100 heavy (non-hydrogen) atoms. The van der Waals surface area contributed by atoms with Gasteiger partial charge in [0, 0.05) is 40.4 Å². The van der Waals surface area contributed by atoms with Gasteiger partial charge in [0.15, 0.2) is 0 Å². The summed E-state index contributed by atoms with van der Waals surface area (Å²) in [4.78, 5) is 82.4. The molecule has 3 aliphatic carbocycles. The summed E-state index contributed by atoms with van der Waals surface area (Å²) >= 11 is 11.9. The van der Waals surface area contributed by atoms with E-state index in [4.69, 9.17) is 52.6 Å². The van der Waals surface area contributed by atoms with Gasteiger partial charge in [-0.15, -0.1) is 0 Å². The fourth-order valence-electron chi connectivity index (χ4n) is 14.0. The molecule has 3 aromatic carbocycles. The van der Waals surface area contributed by atoms with Crippen molar-refractivity contribution in [1.82, 2.24) is 53.4 Å². The fourth-order valence-corrected chi connectivity index (χ4v) is 15.8. The summed E-state index contributed by atoms with van der Waals surface area (Å²) in [6.45, 7) is 10.1. The highest BCUT2D eigenvalue weighted by Gasteiger charge is 2.45. The summed E-state index contributed by atoms with van der Waals surface area (Å²) in [6.07, 6.45) is 21.2. The number of aromatic nitrogens is 9. The van der Waals surface area contributed by atoms with Crippen LogP contribution >= 0.6 is 30.9 Å². The molecule has 9 aromatic rings. The second-order valence-corrected chi connectivity index (χ2v) is 28.8. The number of anilines is 4. The number of aromatic carboxylic acids is 1. The van der Waals surface area contributed by atoms with Gasteiger partial charge in [-0.25, -0.2) is 37.9 Å². The third kappa shape index (κ3) is 17.3. The van der Waals surface area contributed by atoms with Crippen molar-refractivity contribution in [2.45, 2.75) is 158 Å². The standard InChI is InChI=1S/C20H22N6O3S.C16H18ClN3O4.C14H15ClN4O.C12H11N3O3P.C6H15N/c21-30(28,29)15-6-4-14(5-7-15)23-19-22-12-13-10-16-24-17(27)11-20(8-2-1-3-9-20)26(16)18(13)25-19;1-24-12(21)8-16(5-3-2-4-6-16)20-11(14(22)23)7-10-9-18-15(17)19-13(10)20;15-13-16-8-9-6-10-17-11(20)7-14(4-2-1-3-5-14)19(10)12(9)18-13;13-14-15-19(16,17-11-7-3-1-4-8-11)18-12-9-5-2-6-10-12;1-4-7(5-2)6-3/h4-7,10,12H,1-3,8-9,11H2,(H,24,27)(H2,21,28,29)(H,22,23,25);7,9H,2-6,8H2,1H3,(H,22,23);6,8H,1-5,7H2,(H,17,20);1-10,13H;4-6H2,1-3H3/q;;;+1;. The number of carbonyl (C=O) groups excluding carboxylic acids is 3.